The molecule has 10 aromatic rings. The molecule has 4 aliphatic heterocycles. The number of rotatable bonds is 19. The minimum absolute atomic E-state index is 0. The van der Waals surface area contributed by atoms with Gasteiger partial charge in [0.05, 0.1) is 0 Å². The van der Waals surface area contributed by atoms with Crippen molar-refractivity contribution in [2.45, 2.75) is 97.0 Å². The summed E-state index contributed by atoms with van der Waals surface area (Å²) in [4.78, 5) is 14.1. The molecule has 114 heavy (non-hydrogen) atoms. The molecule has 0 saturated carbocycles. The van der Waals surface area contributed by atoms with Gasteiger partial charge in [0.2, 0.25) is 0 Å². The Balaban J connectivity index is 0.000000293. The van der Waals surface area contributed by atoms with Gasteiger partial charge in [-0.3, -0.25) is 0 Å². The van der Waals surface area contributed by atoms with Crippen molar-refractivity contribution >= 4 is 76.7 Å². The maximum absolute atomic E-state index is 5.98. The first-order valence-electron chi connectivity index (χ1n) is 39.4. The van der Waals surface area contributed by atoms with E-state index < -0.39 is 0 Å². The van der Waals surface area contributed by atoms with Gasteiger partial charge in [0.15, 0.2) is 0 Å². The van der Waals surface area contributed by atoms with E-state index in [1.54, 1.807) is 0 Å². The van der Waals surface area contributed by atoms with E-state index in [4.69, 9.17) is 4.74 Å². The SMILES string of the molecule is CC#CC.CN(C)C/C=C/CN1c2ccccc2CCc2ccccc21.CN(C)CC/C=C1\c2ccccc2COc2ccccc21.CN(C)CCCN1c2ccccc2CCc2ccccc21.CNCCCC1c2ccccc2C=Cc2ccccc21.CNCCCN1c2ccccc2CCc2ccccc21.Cl.Cl.O.O.O.O. The van der Waals surface area contributed by atoms with Crippen LogP contribution in [0.4, 0.5) is 34.1 Å². The number of halogens is 2. The highest BCUT2D eigenvalue weighted by atomic mass is 35.5. The van der Waals surface area contributed by atoms with Crippen LogP contribution in [0.1, 0.15) is 124 Å². The molecule has 15 heteroatoms. The van der Waals surface area contributed by atoms with Crippen LogP contribution < -0.4 is 30.1 Å². The topological polar surface area (TPSA) is 179 Å². The van der Waals surface area contributed by atoms with Gasteiger partial charge in [0.1, 0.15) is 12.4 Å². The molecular formula is C99H128Cl2N8O5. The highest BCUT2D eigenvalue weighted by Gasteiger charge is 2.25. The van der Waals surface area contributed by atoms with Gasteiger partial charge >= 0.3 is 0 Å². The first-order chi connectivity index (χ1) is 53.0. The van der Waals surface area contributed by atoms with Crippen molar-refractivity contribution in [1.82, 2.24) is 25.3 Å². The van der Waals surface area contributed by atoms with Gasteiger partial charge in [-0.15, -0.1) is 36.7 Å². The monoisotopic (exact) mass is 1580 g/mol. The van der Waals surface area contributed by atoms with Crippen molar-refractivity contribution in [3.8, 4) is 17.6 Å². The summed E-state index contributed by atoms with van der Waals surface area (Å²) in [5, 5.41) is 6.50. The molecule has 0 fully saturated rings. The number of nitrogens with zero attached hydrogens (tertiary/aromatic N) is 6. The largest absolute Gasteiger partial charge is 0.488 e. The van der Waals surface area contributed by atoms with Gasteiger partial charge in [-0.25, -0.2) is 0 Å². The van der Waals surface area contributed by atoms with Crippen molar-refractivity contribution in [1.29, 1.82) is 0 Å². The Labute approximate surface area is 695 Å². The number of fused-ring (bicyclic) bond motifs is 10. The van der Waals surface area contributed by atoms with E-state index in [1.807, 2.05) is 34.0 Å². The molecule has 10 aromatic carbocycles. The minimum Gasteiger partial charge on any atom is -0.488 e. The Morgan fingerprint density at radius 2 is 0.754 bits per heavy atom. The maximum atomic E-state index is 5.98. The second-order valence-electron chi connectivity index (χ2n) is 29.1. The molecule has 0 radical (unpaired) electrons. The Hall–Kier alpha value is -9.60. The minimum atomic E-state index is 0. The van der Waals surface area contributed by atoms with Gasteiger partial charge < -0.3 is 66.7 Å². The van der Waals surface area contributed by atoms with Crippen LogP contribution in [-0.4, -0.2) is 145 Å². The number of hydrogen-bond acceptors (Lipinski definition) is 9. The molecule has 5 aliphatic rings. The second kappa shape index (κ2) is 52.0. The zero-order valence-electron chi connectivity index (χ0n) is 69.1. The van der Waals surface area contributed by atoms with Crippen LogP contribution in [0.25, 0.3) is 17.7 Å². The molecule has 10 N–H and O–H groups in total. The fraction of sp³-hybridized carbons (Fsp3) is 0.313. The molecule has 0 amide bonds. The number of benzene rings is 10. The Morgan fingerprint density at radius 1 is 0.395 bits per heavy atom. The maximum Gasteiger partial charge on any atom is 0.127 e. The number of hydrogen-bond donors (Lipinski definition) is 2. The van der Waals surface area contributed by atoms with E-state index in [0.29, 0.717) is 12.5 Å². The van der Waals surface area contributed by atoms with E-state index in [9.17, 15) is 0 Å². The fourth-order valence-corrected chi connectivity index (χ4v) is 15.0. The Morgan fingerprint density at radius 3 is 1.17 bits per heavy atom. The van der Waals surface area contributed by atoms with Crippen molar-refractivity contribution in [3.05, 3.63) is 333 Å². The third-order valence-electron chi connectivity index (χ3n) is 20.6. The van der Waals surface area contributed by atoms with E-state index in [1.165, 1.54) is 131 Å². The predicted octanol–water partition coefficient (Wildman–Crippen LogP) is 18.3. The van der Waals surface area contributed by atoms with Crippen LogP contribution >= 0.6 is 24.8 Å². The molecular weight excluding hydrogens is 1450 g/mol. The third kappa shape index (κ3) is 27.6. The number of ether oxygens (including phenoxy) is 1. The lowest BCUT2D eigenvalue weighted by molar-refractivity contribution is 0.307. The lowest BCUT2D eigenvalue weighted by atomic mass is 9.84. The zero-order chi connectivity index (χ0) is 75.7. The average Bonchev–Trinajstić information content (AvgIpc) is 1.65. The second-order valence-corrected chi connectivity index (χ2v) is 29.1. The van der Waals surface area contributed by atoms with Crippen LogP contribution in [0.5, 0.6) is 5.75 Å². The van der Waals surface area contributed by atoms with Crippen LogP contribution in [0.15, 0.2) is 261 Å². The number of nitrogens with one attached hydrogen (secondary N) is 2. The average molecular weight is 1580 g/mol. The Bertz CT molecular complexity index is 4350. The summed E-state index contributed by atoms with van der Waals surface area (Å²) in [5.41, 5.74) is 27.7. The molecule has 4 heterocycles. The Kier molecular flexibility index (Phi) is 44.1. The van der Waals surface area contributed by atoms with Crippen LogP contribution in [-0.2, 0) is 45.1 Å². The molecule has 0 atom stereocenters. The molecule has 0 bridgehead atoms. The summed E-state index contributed by atoms with van der Waals surface area (Å²) in [6, 6.07) is 87.4. The standard InChI is InChI=1S/C20H24N2.C19H24N2.C19H21NO.C19H21N.C18H22N2.C4H6.2ClH.4H2O/c1-21(2)15-7-8-16-22-19-11-5-3-9-17(19)13-14-18-10-4-6-12-20(18)22;1-20(2)14-7-15-21-18-10-5-3-8-16(18)12-13-17-9-4-6-11-19(17)21;1-20(2)13-7-11-17-16-9-4-3-8-15(16)14-21-19-12-6-5-10-18(17)19;1-20-14-6-11-19-17-9-4-2-7-15(17)12-13-16-8-3-5-10-18(16)19;1-19-13-6-14-20-17-9-4-2-7-15(17)11-12-16-8-3-5-10-18(16)20;1-3-4-2;;;;;;/h3-12H,13-16H2,1-2H3;3-6,8-11H,7,12-15H2,1-2H3;3-6,8-12H,7,13-14H2,1-2H3;2-5,7-10,12-13,19-20H,6,11,14H2,1H3;2-5,7-10,19H,6,11-14H2,1H3;1-2H3;2*1H;4*1H2/b8-7+;;17-11+;;;;;;;;;. The van der Waals surface area contributed by atoms with Gasteiger partial charge in [0.25, 0.3) is 0 Å². The van der Waals surface area contributed by atoms with Gasteiger partial charge in [-0.2, -0.15) is 0 Å². The highest BCUT2D eigenvalue weighted by Crippen LogP contribution is 2.42. The summed E-state index contributed by atoms with van der Waals surface area (Å²) < 4.78 is 5.98. The molecule has 13 nitrogen and oxygen atoms in total. The van der Waals surface area contributed by atoms with Crippen molar-refractivity contribution in [2.75, 3.05) is 123 Å². The van der Waals surface area contributed by atoms with Crippen molar-refractivity contribution in [2.24, 2.45) is 0 Å². The van der Waals surface area contributed by atoms with E-state index in [0.717, 1.165) is 109 Å². The summed E-state index contributed by atoms with van der Waals surface area (Å²) >= 11 is 0. The molecule has 1 aliphatic carbocycles. The number of anilines is 6. The summed E-state index contributed by atoms with van der Waals surface area (Å²) in [6.45, 7) is 12.6. The van der Waals surface area contributed by atoms with Gasteiger partial charge in [-0.05, 0) is 275 Å². The number of likely N-dealkylation sites (N-methyl/N-ethyl adjacent to an activating group) is 1. The quantitative estimate of drug-likeness (QED) is 0.0453. The molecule has 15 rings (SSSR count). The van der Waals surface area contributed by atoms with Crippen molar-refractivity contribution in [3.63, 3.8) is 0 Å². The third-order valence-corrected chi connectivity index (χ3v) is 20.6. The molecule has 0 saturated heterocycles. The van der Waals surface area contributed by atoms with Crippen LogP contribution in [0, 0.1) is 11.8 Å². The van der Waals surface area contributed by atoms with Gasteiger partial charge in [-0.1, -0.05) is 231 Å². The normalized spacial score (nSPS) is 13.0. The number of aryl methyl sites for hydroxylation is 6. The fourth-order valence-electron chi connectivity index (χ4n) is 15.0. The lowest BCUT2D eigenvalue weighted by Gasteiger charge is -2.27. The zero-order valence-corrected chi connectivity index (χ0v) is 70.7. The number of para-hydroxylation sites is 7. The molecule has 0 aromatic heterocycles. The molecule has 0 spiro atoms. The first kappa shape index (κ1) is 96.8. The summed E-state index contributed by atoms with van der Waals surface area (Å²) in [6.07, 6.45) is 23.9. The summed E-state index contributed by atoms with van der Waals surface area (Å²) in [7, 11) is 16.7. The van der Waals surface area contributed by atoms with E-state index in [2.05, 4.69) is 361 Å². The first-order valence-corrected chi connectivity index (χ1v) is 39.4. The smallest absolute Gasteiger partial charge is 0.127 e. The molecule has 608 valence electrons. The van der Waals surface area contributed by atoms with Crippen molar-refractivity contribution < 1.29 is 26.6 Å². The van der Waals surface area contributed by atoms with E-state index >= 15 is 0 Å². The molecule has 0 unspecified atom stereocenters. The predicted molar refractivity (Wildman–Crippen MR) is 494 cm³/mol. The lowest BCUT2D eigenvalue weighted by Crippen LogP contribution is -2.23. The van der Waals surface area contributed by atoms with Crippen LogP contribution in [0.2, 0.25) is 0 Å². The van der Waals surface area contributed by atoms with E-state index in [-0.39, 0.29) is 46.7 Å². The highest BCUT2D eigenvalue weighted by molar-refractivity contribution is 5.86. The van der Waals surface area contributed by atoms with Gasteiger partial charge in [0, 0.05) is 78.3 Å². The van der Waals surface area contributed by atoms with Crippen LogP contribution in [0.3, 0.4) is 0 Å². The summed E-state index contributed by atoms with van der Waals surface area (Å²) in [5.74, 6) is 6.84.